The highest BCUT2D eigenvalue weighted by atomic mass is 15.1. The molecule has 0 N–H and O–H groups in total. The third kappa shape index (κ3) is 1.17. The highest BCUT2D eigenvalue weighted by molar-refractivity contribution is 5.87. The topological polar surface area (TPSA) is 27.0 Å². The van der Waals surface area contributed by atoms with E-state index in [1.54, 1.807) is 4.90 Å². The molecule has 2 heteroatoms. The molecule has 1 heterocycles. The van der Waals surface area contributed by atoms with Crippen molar-refractivity contribution >= 4 is 10.8 Å². The van der Waals surface area contributed by atoms with Crippen LogP contribution in [0.15, 0.2) is 36.4 Å². The fourth-order valence-electron chi connectivity index (χ4n) is 2.24. The first kappa shape index (κ1) is 8.31. The third-order valence-corrected chi connectivity index (χ3v) is 2.99. The largest absolute Gasteiger partial charge is 0.302 e. The van der Waals surface area contributed by atoms with E-state index in [-0.39, 0.29) is 0 Å². The molecule has 0 aromatic heterocycles. The Bertz CT molecular complexity index is 566. The van der Waals surface area contributed by atoms with Gasteiger partial charge in [-0.15, -0.1) is 0 Å². The predicted octanol–water partition coefficient (Wildman–Crippen LogP) is 2.64. The molecule has 0 radical (unpaired) electrons. The van der Waals surface area contributed by atoms with Gasteiger partial charge in [-0.3, -0.25) is 0 Å². The van der Waals surface area contributed by atoms with Gasteiger partial charge in [-0.1, -0.05) is 36.4 Å². The highest BCUT2D eigenvalue weighted by Crippen LogP contribution is 2.29. The second-order valence-electron chi connectivity index (χ2n) is 3.88. The Morgan fingerprint density at radius 3 is 2.80 bits per heavy atom. The molecule has 0 atom stereocenters. The monoisotopic (exact) mass is 194 g/mol. The van der Waals surface area contributed by atoms with Crippen molar-refractivity contribution in [1.82, 2.24) is 4.90 Å². The lowest BCUT2D eigenvalue weighted by Gasteiger charge is -2.03. The highest BCUT2D eigenvalue weighted by Gasteiger charge is 2.19. The Balaban J connectivity index is 2.26. The van der Waals surface area contributed by atoms with Crippen LogP contribution in [0.1, 0.15) is 11.1 Å². The lowest BCUT2D eigenvalue weighted by atomic mass is 10.0. The van der Waals surface area contributed by atoms with Gasteiger partial charge in [-0.25, -0.2) is 0 Å². The summed E-state index contributed by atoms with van der Waals surface area (Å²) >= 11 is 0. The first-order valence-corrected chi connectivity index (χ1v) is 5.02. The molecule has 1 aliphatic heterocycles. The van der Waals surface area contributed by atoms with Crippen LogP contribution in [0.4, 0.5) is 0 Å². The first-order valence-electron chi connectivity index (χ1n) is 5.02. The van der Waals surface area contributed by atoms with E-state index in [0.29, 0.717) is 0 Å². The van der Waals surface area contributed by atoms with Crippen LogP contribution in [0.5, 0.6) is 0 Å². The lowest BCUT2D eigenvalue weighted by molar-refractivity contribution is 0.418. The van der Waals surface area contributed by atoms with Crippen molar-refractivity contribution < 1.29 is 0 Å². The number of fused-ring (bicyclic) bond motifs is 3. The quantitative estimate of drug-likeness (QED) is 0.603. The van der Waals surface area contributed by atoms with Gasteiger partial charge in [0.05, 0.1) is 13.1 Å². The Labute approximate surface area is 88.4 Å². The van der Waals surface area contributed by atoms with E-state index in [2.05, 4.69) is 36.5 Å². The van der Waals surface area contributed by atoms with E-state index in [1.165, 1.54) is 21.9 Å². The van der Waals surface area contributed by atoms with E-state index in [4.69, 9.17) is 5.26 Å². The van der Waals surface area contributed by atoms with Gasteiger partial charge in [0.2, 0.25) is 0 Å². The number of hydrogen-bond donors (Lipinski definition) is 0. The van der Waals surface area contributed by atoms with Crippen LogP contribution in [0.2, 0.25) is 0 Å². The maximum atomic E-state index is 8.89. The van der Waals surface area contributed by atoms with Gasteiger partial charge in [0.1, 0.15) is 0 Å². The van der Waals surface area contributed by atoms with E-state index in [9.17, 15) is 0 Å². The smallest absolute Gasteiger partial charge is 0.179 e. The molecule has 3 rings (SSSR count). The molecule has 2 aromatic carbocycles. The van der Waals surface area contributed by atoms with Crippen molar-refractivity contribution in [2.45, 2.75) is 13.1 Å². The molecule has 1 aliphatic rings. The molecular weight excluding hydrogens is 184 g/mol. The van der Waals surface area contributed by atoms with E-state index in [0.717, 1.165) is 13.1 Å². The molecule has 0 spiro atoms. The van der Waals surface area contributed by atoms with Crippen molar-refractivity contribution in [1.29, 1.82) is 5.26 Å². The van der Waals surface area contributed by atoms with Gasteiger partial charge in [0, 0.05) is 0 Å². The molecule has 0 aliphatic carbocycles. The molecule has 0 bridgehead atoms. The number of benzene rings is 2. The first-order chi connectivity index (χ1) is 7.38. The van der Waals surface area contributed by atoms with Crippen LogP contribution in [-0.4, -0.2) is 4.90 Å². The number of nitrogens with zero attached hydrogens (tertiary/aromatic N) is 2. The van der Waals surface area contributed by atoms with Crippen molar-refractivity contribution in [2.24, 2.45) is 0 Å². The molecule has 0 fully saturated rings. The minimum atomic E-state index is 0.757. The van der Waals surface area contributed by atoms with Crippen molar-refractivity contribution in [3.63, 3.8) is 0 Å². The summed E-state index contributed by atoms with van der Waals surface area (Å²) < 4.78 is 0. The summed E-state index contributed by atoms with van der Waals surface area (Å²) in [5, 5.41) is 11.4. The van der Waals surface area contributed by atoms with Crippen LogP contribution in [0.25, 0.3) is 10.8 Å². The van der Waals surface area contributed by atoms with Crippen LogP contribution in [-0.2, 0) is 13.1 Å². The molecule has 0 saturated carbocycles. The van der Waals surface area contributed by atoms with Crippen LogP contribution < -0.4 is 0 Å². The predicted molar refractivity (Wildman–Crippen MR) is 58.8 cm³/mol. The summed E-state index contributed by atoms with van der Waals surface area (Å²) in [5.74, 6) is 0. The fourth-order valence-corrected chi connectivity index (χ4v) is 2.24. The van der Waals surface area contributed by atoms with Gasteiger partial charge >= 0.3 is 0 Å². The SMILES string of the molecule is N#CN1Cc2ccc3ccccc3c2C1. The van der Waals surface area contributed by atoms with Crippen LogP contribution in [0, 0.1) is 11.5 Å². The van der Waals surface area contributed by atoms with Crippen molar-refractivity contribution in [3.8, 4) is 6.19 Å². The Kier molecular flexibility index (Phi) is 1.66. The van der Waals surface area contributed by atoms with E-state index < -0.39 is 0 Å². The average molecular weight is 194 g/mol. The van der Waals surface area contributed by atoms with Gasteiger partial charge in [0.15, 0.2) is 6.19 Å². The molecular formula is C13H10N2. The van der Waals surface area contributed by atoms with E-state index >= 15 is 0 Å². The maximum absolute atomic E-state index is 8.89. The summed E-state index contributed by atoms with van der Waals surface area (Å²) in [7, 11) is 0. The maximum Gasteiger partial charge on any atom is 0.179 e. The van der Waals surface area contributed by atoms with Gasteiger partial charge in [-0.05, 0) is 21.9 Å². The molecule has 2 nitrogen and oxygen atoms in total. The lowest BCUT2D eigenvalue weighted by Crippen LogP contribution is -2.06. The fraction of sp³-hybridized carbons (Fsp3) is 0.154. The molecule has 2 aromatic rings. The standard InChI is InChI=1S/C13H10N2/c14-9-15-7-11-6-5-10-3-1-2-4-12(10)13(11)8-15/h1-6H,7-8H2. The molecule has 0 unspecified atom stereocenters. The summed E-state index contributed by atoms with van der Waals surface area (Å²) in [6.07, 6.45) is 2.21. The molecule has 15 heavy (non-hydrogen) atoms. The summed E-state index contributed by atoms with van der Waals surface area (Å²) in [4.78, 5) is 1.79. The molecule has 0 amide bonds. The second-order valence-corrected chi connectivity index (χ2v) is 3.88. The average Bonchev–Trinajstić information content (AvgIpc) is 2.72. The van der Waals surface area contributed by atoms with Gasteiger partial charge < -0.3 is 4.90 Å². The van der Waals surface area contributed by atoms with Crippen molar-refractivity contribution in [3.05, 3.63) is 47.5 Å². The Morgan fingerprint density at radius 2 is 1.93 bits per heavy atom. The van der Waals surface area contributed by atoms with Gasteiger partial charge in [0.25, 0.3) is 0 Å². The minimum absolute atomic E-state index is 0.757. The zero-order valence-corrected chi connectivity index (χ0v) is 8.27. The number of hydrogen-bond acceptors (Lipinski definition) is 2. The van der Waals surface area contributed by atoms with Crippen LogP contribution in [0.3, 0.4) is 0 Å². The second kappa shape index (κ2) is 2.99. The normalized spacial score (nSPS) is 13.9. The molecule has 0 saturated heterocycles. The number of rotatable bonds is 0. The Hall–Kier alpha value is -2.01. The summed E-state index contributed by atoms with van der Waals surface area (Å²) in [6.45, 7) is 1.52. The minimum Gasteiger partial charge on any atom is -0.302 e. The van der Waals surface area contributed by atoms with Crippen LogP contribution >= 0.6 is 0 Å². The van der Waals surface area contributed by atoms with Crippen molar-refractivity contribution in [2.75, 3.05) is 0 Å². The van der Waals surface area contributed by atoms with Gasteiger partial charge in [-0.2, -0.15) is 5.26 Å². The summed E-state index contributed by atoms with van der Waals surface area (Å²) in [6, 6.07) is 12.6. The summed E-state index contributed by atoms with van der Waals surface area (Å²) in [5.41, 5.74) is 2.60. The van der Waals surface area contributed by atoms with E-state index in [1.807, 2.05) is 6.07 Å². The Morgan fingerprint density at radius 1 is 1.07 bits per heavy atom. The zero-order chi connectivity index (χ0) is 10.3. The number of nitriles is 1. The zero-order valence-electron chi connectivity index (χ0n) is 8.27. The third-order valence-electron chi connectivity index (χ3n) is 2.99. The molecule has 72 valence electrons.